The first-order valence-electron chi connectivity index (χ1n) is 7.94. The average Bonchev–Trinajstić information content (AvgIpc) is 2.54. The number of hydrogen-bond donors (Lipinski definition) is 2. The van der Waals surface area contributed by atoms with Gasteiger partial charge in [-0.25, -0.2) is 0 Å². The molecule has 122 valence electrons. The number of aliphatic hydroxyl groups excluding tert-OH is 1. The van der Waals surface area contributed by atoms with Crippen LogP contribution < -0.4 is 10.1 Å². The highest BCUT2D eigenvalue weighted by Crippen LogP contribution is 2.19. The first-order chi connectivity index (χ1) is 10.6. The fourth-order valence-electron chi connectivity index (χ4n) is 2.70. The molecule has 0 aliphatic carbocycles. The number of ether oxygens (including phenoxy) is 1. The van der Waals surface area contributed by atoms with E-state index in [1.54, 1.807) is 25.2 Å². The van der Waals surface area contributed by atoms with Gasteiger partial charge in [-0.3, -0.25) is 4.79 Å². The van der Waals surface area contributed by atoms with Crippen LogP contribution in [0, 0.1) is 5.92 Å². The van der Waals surface area contributed by atoms with Gasteiger partial charge in [0, 0.05) is 13.6 Å². The van der Waals surface area contributed by atoms with Crippen molar-refractivity contribution in [1.29, 1.82) is 0 Å². The van der Waals surface area contributed by atoms with Gasteiger partial charge in [-0.15, -0.1) is 0 Å². The van der Waals surface area contributed by atoms with Gasteiger partial charge in [0.25, 0.3) is 5.91 Å². The number of carbonyl (C=O) groups excluding carboxylic acids is 1. The van der Waals surface area contributed by atoms with Crippen molar-refractivity contribution in [3.05, 3.63) is 29.8 Å². The Kier molecular flexibility index (Phi) is 6.21. The molecule has 5 nitrogen and oxygen atoms in total. The van der Waals surface area contributed by atoms with E-state index in [0.29, 0.717) is 17.9 Å². The Balaban J connectivity index is 1.83. The normalized spacial score (nSPS) is 18.0. The Morgan fingerprint density at radius 2 is 2.09 bits per heavy atom. The molecule has 1 aromatic carbocycles. The maximum atomic E-state index is 11.8. The molecule has 0 radical (unpaired) electrons. The van der Waals surface area contributed by atoms with Crippen LogP contribution in [0.5, 0.6) is 5.75 Å². The number of aliphatic hydroxyl groups is 1. The largest absolute Gasteiger partial charge is 0.490 e. The lowest BCUT2D eigenvalue weighted by atomic mass is 9.99. The highest BCUT2D eigenvalue weighted by molar-refractivity contribution is 5.96. The summed E-state index contributed by atoms with van der Waals surface area (Å²) in [7, 11) is 1.59. The smallest absolute Gasteiger partial charge is 0.254 e. The number of rotatable bonds is 6. The summed E-state index contributed by atoms with van der Waals surface area (Å²) in [6.07, 6.45) is 1.83. The molecule has 22 heavy (non-hydrogen) atoms. The molecule has 0 spiro atoms. The number of carbonyl (C=O) groups is 1. The fourth-order valence-corrected chi connectivity index (χ4v) is 2.70. The van der Waals surface area contributed by atoms with E-state index >= 15 is 0 Å². The first kappa shape index (κ1) is 16.8. The van der Waals surface area contributed by atoms with Crippen LogP contribution in [0.2, 0.25) is 0 Å². The SMILES string of the molecule is CNC(=O)c1ccccc1OC[C@H](O)CN1CCC(C)CC1. The van der Waals surface area contributed by atoms with E-state index < -0.39 is 6.10 Å². The molecule has 1 aromatic rings. The Morgan fingerprint density at radius 1 is 1.41 bits per heavy atom. The summed E-state index contributed by atoms with van der Waals surface area (Å²) < 4.78 is 5.65. The zero-order chi connectivity index (χ0) is 15.9. The van der Waals surface area contributed by atoms with Crippen molar-refractivity contribution < 1.29 is 14.6 Å². The van der Waals surface area contributed by atoms with Crippen molar-refractivity contribution in [2.45, 2.75) is 25.9 Å². The molecule has 1 fully saturated rings. The molecule has 2 N–H and O–H groups in total. The fraction of sp³-hybridized carbons (Fsp3) is 0.588. The second-order valence-electron chi connectivity index (χ2n) is 6.02. The lowest BCUT2D eigenvalue weighted by Crippen LogP contribution is -2.40. The number of para-hydroxylation sites is 1. The minimum absolute atomic E-state index is 0.185. The molecule has 0 aromatic heterocycles. The van der Waals surface area contributed by atoms with E-state index in [1.165, 1.54) is 12.8 Å². The summed E-state index contributed by atoms with van der Waals surface area (Å²) in [6, 6.07) is 7.08. The second-order valence-corrected chi connectivity index (χ2v) is 6.02. The van der Waals surface area contributed by atoms with Gasteiger partial charge in [-0.2, -0.15) is 0 Å². The van der Waals surface area contributed by atoms with Gasteiger partial charge in [0.2, 0.25) is 0 Å². The van der Waals surface area contributed by atoms with Crippen molar-refractivity contribution in [1.82, 2.24) is 10.2 Å². The highest BCUT2D eigenvalue weighted by atomic mass is 16.5. The van der Waals surface area contributed by atoms with Crippen LogP contribution in [0.15, 0.2) is 24.3 Å². The zero-order valence-corrected chi connectivity index (χ0v) is 13.4. The van der Waals surface area contributed by atoms with E-state index in [4.69, 9.17) is 4.74 Å². The van der Waals surface area contributed by atoms with E-state index in [2.05, 4.69) is 17.1 Å². The average molecular weight is 306 g/mol. The first-order valence-corrected chi connectivity index (χ1v) is 7.94. The van der Waals surface area contributed by atoms with Gasteiger partial charge in [0.15, 0.2) is 0 Å². The third-order valence-corrected chi connectivity index (χ3v) is 4.14. The van der Waals surface area contributed by atoms with E-state index in [1.807, 2.05) is 6.07 Å². The number of piperidine rings is 1. The van der Waals surface area contributed by atoms with Gasteiger partial charge in [0.05, 0.1) is 5.56 Å². The predicted octanol–water partition coefficient (Wildman–Crippen LogP) is 1.52. The topological polar surface area (TPSA) is 61.8 Å². The minimum atomic E-state index is -0.550. The van der Waals surface area contributed by atoms with Gasteiger partial charge in [-0.05, 0) is 44.0 Å². The molecule has 1 heterocycles. The molecule has 1 atom stereocenters. The third-order valence-electron chi connectivity index (χ3n) is 4.14. The van der Waals surface area contributed by atoms with Gasteiger partial charge >= 0.3 is 0 Å². The van der Waals surface area contributed by atoms with Crippen LogP contribution in [-0.4, -0.2) is 55.3 Å². The standard InChI is InChI=1S/C17H26N2O3/c1-13-7-9-19(10-8-13)11-14(20)12-22-16-6-4-3-5-15(16)17(21)18-2/h3-6,13-14,20H,7-12H2,1-2H3,(H,18,21)/t14-/m1/s1. The molecule has 1 aliphatic rings. The number of hydrogen-bond acceptors (Lipinski definition) is 4. The van der Waals surface area contributed by atoms with Crippen LogP contribution in [0.1, 0.15) is 30.1 Å². The Morgan fingerprint density at radius 3 is 2.77 bits per heavy atom. The Labute approximate surface area is 132 Å². The van der Waals surface area contributed by atoms with E-state index in [-0.39, 0.29) is 12.5 Å². The summed E-state index contributed by atoms with van der Waals surface area (Å²) in [4.78, 5) is 14.0. The monoisotopic (exact) mass is 306 g/mol. The van der Waals surface area contributed by atoms with Crippen LogP contribution in [-0.2, 0) is 0 Å². The number of nitrogens with zero attached hydrogens (tertiary/aromatic N) is 1. The maximum Gasteiger partial charge on any atom is 0.254 e. The van der Waals surface area contributed by atoms with Crippen molar-refractivity contribution in [3.63, 3.8) is 0 Å². The van der Waals surface area contributed by atoms with Crippen molar-refractivity contribution >= 4 is 5.91 Å². The molecule has 1 amide bonds. The molecule has 2 rings (SSSR count). The Bertz CT molecular complexity index is 485. The number of likely N-dealkylation sites (tertiary alicyclic amines) is 1. The van der Waals surface area contributed by atoms with E-state index in [0.717, 1.165) is 19.0 Å². The molecule has 0 unspecified atom stereocenters. The quantitative estimate of drug-likeness (QED) is 0.836. The molecule has 0 saturated carbocycles. The summed E-state index contributed by atoms with van der Waals surface area (Å²) in [5.41, 5.74) is 0.490. The number of β-amino-alcohol motifs (C(OH)–C–C–N with tert-alkyl or cyclic N) is 1. The lowest BCUT2D eigenvalue weighted by Gasteiger charge is -2.31. The van der Waals surface area contributed by atoms with Crippen molar-refractivity contribution in [2.24, 2.45) is 5.92 Å². The maximum absolute atomic E-state index is 11.8. The summed E-state index contributed by atoms with van der Waals surface area (Å²) in [5.74, 6) is 1.10. The zero-order valence-electron chi connectivity index (χ0n) is 13.4. The molecule has 1 saturated heterocycles. The summed E-state index contributed by atoms with van der Waals surface area (Å²) in [6.45, 7) is 5.15. The third kappa shape index (κ3) is 4.71. The van der Waals surface area contributed by atoms with Crippen LogP contribution in [0.3, 0.4) is 0 Å². The number of amides is 1. The van der Waals surface area contributed by atoms with Gasteiger partial charge < -0.3 is 20.1 Å². The van der Waals surface area contributed by atoms with Crippen molar-refractivity contribution in [2.75, 3.05) is 33.3 Å². The second kappa shape index (κ2) is 8.15. The van der Waals surface area contributed by atoms with Gasteiger partial charge in [-0.1, -0.05) is 19.1 Å². The molecule has 0 bridgehead atoms. The van der Waals surface area contributed by atoms with Crippen LogP contribution in [0.4, 0.5) is 0 Å². The van der Waals surface area contributed by atoms with Crippen LogP contribution >= 0.6 is 0 Å². The summed E-state index contributed by atoms with van der Waals surface area (Å²) >= 11 is 0. The van der Waals surface area contributed by atoms with E-state index in [9.17, 15) is 9.90 Å². The lowest BCUT2D eigenvalue weighted by molar-refractivity contribution is 0.0557. The molecule has 1 aliphatic heterocycles. The molecule has 5 heteroatoms. The minimum Gasteiger partial charge on any atom is -0.490 e. The summed E-state index contributed by atoms with van der Waals surface area (Å²) in [5, 5.41) is 12.7. The van der Waals surface area contributed by atoms with Crippen LogP contribution in [0.25, 0.3) is 0 Å². The predicted molar refractivity (Wildman–Crippen MR) is 86.2 cm³/mol. The number of nitrogens with one attached hydrogen (secondary N) is 1. The number of benzene rings is 1. The molecular formula is C17H26N2O3. The molecular weight excluding hydrogens is 280 g/mol. The van der Waals surface area contributed by atoms with Gasteiger partial charge in [0.1, 0.15) is 18.5 Å². The Hall–Kier alpha value is -1.59. The van der Waals surface area contributed by atoms with Crippen molar-refractivity contribution in [3.8, 4) is 5.75 Å². The highest BCUT2D eigenvalue weighted by Gasteiger charge is 2.19.